The van der Waals surface area contributed by atoms with Crippen molar-refractivity contribution in [2.75, 3.05) is 19.6 Å². The second-order valence-electron chi connectivity index (χ2n) is 7.29. The maximum atomic E-state index is 12.9. The first-order valence-corrected chi connectivity index (χ1v) is 8.89. The zero-order chi connectivity index (χ0) is 17.7. The zero-order valence-electron chi connectivity index (χ0n) is 14.7. The number of benzene rings is 1. The van der Waals surface area contributed by atoms with Crippen LogP contribution in [0.25, 0.3) is 10.9 Å². The van der Waals surface area contributed by atoms with Gasteiger partial charge < -0.3 is 15.6 Å². The van der Waals surface area contributed by atoms with Crippen molar-refractivity contribution in [3.05, 3.63) is 35.0 Å². The smallest absolute Gasteiger partial charge is 0.270 e. The third-order valence-corrected chi connectivity index (χ3v) is 5.63. The first kappa shape index (κ1) is 16.1. The second kappa shape index (κ2) is 5.88. The number of nitrogens with zero attached hydrogens (tertiary/aromatic N) is 2. The highest BCUT2D eigenvalue weighted by Gasteiger charge is 2.41. The first-order chi connectivity index (χ1) is 12.0. The van der Waals surface area contributed by atoms with Gasteiger partial charge in [-0.1, -0.05) is 6.07 Å². The van der Waals surface area contributed by atoms with Gasteiger partial charge in [0.1, 0.15) is 11.7 Å². The van der Waals surface area contributed by atoms with Gasteiger partial charge >= 0.3 is 0 Å². The Kier molecular flexibility index (Phi) is 3.80. The lowest BCUT2D eigenvalue weighted by Gasteiger charge is -2.39. The summed E-state index contributed by atoms with van der Waals surface area (Å²) in [6.45, 7) is 5.85. The van der Waals surface area contributed by atoms with Gasteiger partial charge in [0.05, 0.1) is 0 Å². The molecule has 2 aliphatic rings. The molecule has 1 unspecified atom stereocenters. The Morgan fingerprint density at radius 3 is 2.64 bits per heavy atom. The fourth-order valence-corrected chi connectivity index (χ4v) is 3.82. The summed E-state index contributed by atoms with van der Waals surface area (Å²) in [5.74, 6) is -0.400. The minimum absolute atomic E-state index is 0.0602. The minimum atomic E-state index is -0.376. The molecule has 4 rings (SSSR count). The van der Waals surface area contributed by atoms with Crippen LogP contribution >= 0.6 is 0 Å². The number of carbonyl (C=O) groups excluding carboxylic acids is 2. The minimum Gasteiger partial charge on any atom is -0.368 e. The molecule has 0 radical (unpaired) electrons. The molecule has 2 aromatic rings. The number of aryl methyl sites for hydroxylation is 2. The number of carbonyl (C=O) groups is 2. The lowest BCUT2D eigenvalue weighted by Crippen LogP contribution is -2.59. The summed E-state index contributed by atoms with van der Waals surface area (Å²) < 4.78 is 0. The highest BCUT2D eigenvalue weighted by molar-refractivity contribution is 5.99. The van der Waals surface area contributed by atoms with E-state index in [9.17, 15) is 9.59 Å². The van der Waals surface area contributed by atoms with Gasteiger partial charge in [-0.3, -0.25) is 14.5 Å². The molecule has 0 bridgehead atoms. The van der Waals surface area contributed by atoms with Gasteiger partial charge in [-0.2, -0.15) is 0 Å². The molecular formula is C19H24N4O2. The molecule has 3 N–H and O–H groups in total. The number of hydrogen-bond donors (Lipinski definition) is 2. The van der Waals surface area contributed by atoms with Crippen molar-refractivity contribution >= 4 is 22.7 Å². The zero-order valence-corrected chi connectivity index (χ0v) is 14.7. The van der Waals surface area contributed by atoms with E-state index in [0.29, 0.717) is 31.4 Å². The van der Waals surface area contributed by atoms with Crippen molar-refractivity contribution in [1.82, 2.24) is 14.8 Å². The average Bonchev–Trinajstić information content (AvgIpc) is 3.35. The van der Waals surface area contributed by atoms with Crippen molar-refractivity contribution in [2.45, 2.75) is 38.8 Å². The van der Waals surface area contributed by atoms with Crippen LogP contribution in [-0.4, -0.2) is 58.3 Å². The Morgan fingerprint density at radius 1 is 1.20 bits per heavy atom. The maximum absolute atomic E-state index is 12.9. The van der Waals surface area contributed by atoms with Crippen LogP contribution in [0.2, 0.25) is 0 Å². The first-order valence-electron chi connectivity index (χ1n) is 8.89. The third-order valence-electron chi connectivity index (χ3n) is 5.63. The van der Waals surface area contributed by atoms with E-state index in [1.165, 1.54) is 11.1 Å². The monoisotopic (exact) mass is 340 g/mol. The van der Waals surface area contributed by atoms with Crippen molar-refractivity contribution in [2.24, 2.45) is 5.73 Å². The Hall–Kier alpha value is -2.34. The van der Waals surface area contributed by atoms with Crippen LogP contribution < -0.4 is 5.73 Å². The van der Waals surface area contributed by atoms with Gasteiger partial charge in [0, 0.05) is 36.6 Å². The molecular weight excluding hydrogens is 316 g/mol. The molecule has 1 aliphatic carbocycles. The molecule has 2 fully saturated rings. The van der Waals surface area contributed by atoms with Gasteiger partial charge in [0.25, 0.3) is 5.91 Å². The Labute approximate surface area is 147 Å². The van der Waals surface area contributed by atoms with Crippen LogP contribution in [0.1, 0.15) is 34.5 Å². The predicted molar refractivity (Wildman–Crippen MR) is 96.4 cm³/mol. The molecule has 1 aromatic heterocycles. The molecule has 25 heavy (non-hydrogen) atoms. The SMILES string of the molecule is Cc1ccc2[nH]c(C(=O)N3CCN(C4CC4)C(C(N)=O)C3)cc2c1C. The van der Waals surface area contributed by atoms with Gasteiger partial charge in [-0.05, 0) is 49.9 Å². The summed E-state index contributed by atoms with van der Waals surface area (Å²) in [6.07, 6.45) is 2.25. The average molecular weight is 340 g/mol. The van der Waals surface area contributed by atoms with Crippen LogP contribution in [-0.2, 0) is 4.79 Å². The number of piperazine rings is 1. The lowest BCUT2D eigenvalue weighted by molar-refractivity contribution is -0.125. The van der Waals surface area contributed by atoms with E-state index in [1.807, 2.05) is 12.1 Å². The molecule has 1 aliphatic heterocycles. The molecule has 1 aromatic carbocycles. The van der Waals surface area contributed by atoms with Gasteiger partial charge in [-0.25, -0.2) is 0 Å². The van der Waals surface area contributed by atoms with Crippen molar-refractivity contribution < 1.29 is 9.59 Å². The summed E-state index contributed by atoms with van der Waals surface area (Å²) in [4.78, 5) is 32.0. The summed E-state index contributed by atoms with van der Waals surface area (Å²) in [5.41, 5.74) is 9.53. The fraction of sp³-hybridized carbons (Fsp3) is 0.474. The largest absolute Gasteiger partial charge is 0.368 e. The van der Waals surface area contributed by atoms with E-state index in [2.05, 4.69) is 29.8 Å². The fourth-order valence-electron chi connectivity index (χ4n) is 3.82. The van der Waals surface area contributed by atoms with Crippen molar-refractivity contribution in [1.29, 1.82) is 0 Å². The number of amides is 2. The van der Waals surface area contributed by atoms with E-state index >= 15 is 0 Å². The topological polar surface area (TPSA) is 82.4 Å². The van der Waals surface area contributed by atoms with Crippen molar-refractivity contribution in [3.63, 3.8) is 0 Å². The van der Waals surface area contributed by atoms with Crippen LogP contribution in [0, 0.1) is 13.8 Å². The lowest BCUT2D eigenvalue weighted by atomic mass is 10.1. The second-order valence-corrected chi connectivity index (χ2v) is 7.29. The number of primary amides is 1. The summed E-state index contributed by atoms with van der Waals surface area (Å²) in [7, 11) is 0. The highest BCUT2D eigenvalue weighted by atomic mass is 16.2. The van der Waals surface area contributed by atoms with Crippen LogP contribution in [0.4, 0.5) is 0 Å². The Morgan fingerprint density at radius 2 is 1.96 bits per heavy atom. The molecule has 6 heteroatoms. The van der Waals surface area contributed by atoms with Gasteiger partial charge in [0.2, 0.25) is 5.91 Å². The van der Waals surface area contributed by atoms with E-state index in [-0.39, 0.29) is 17.9 Å². The van der Waals surface area contributed by atoms with E-state index in [4.69, 9.17) is 5.73 Å². The van der Waals surface area contributed by atoms with Crippen LogP contribution in [0.15, 0.2) is 18.2 Å². The Balaban J connectivity index is 1.58. The van der Waals surface area contributed by atoms with Crippen LogP contribution in [0.3, 0.4) is 0 Å². The van der Waals surface area contributed by atoms with Crippen LogP contribution in [0.5, 0.6) is 0 Å². The summed E-state index contributed by atoms with van der Waals surface area (Å²) in [5, 5.41) is 1.08. The van der Waals surface area contributed by atoms with Gasteiger partial charge in [0.15, 0.2) is 0 Å². The summed E-state index contributed by atoms with van der Waals surface area (Å²) in [6, 6.07) is 6.07. The number of rotatable bonds is 3. The van der Waals surface area contributed by atoms with E-state index in [1.54, 1.807) is 4.90 Å². The van der Waals surface area contributed by atoms with Crippen molar-refractivity contribution in [3.8, 4) is 0 Å². The van der Waals surface area contributed by atoms with E-state index < -0.39 is 0 Å². The molecule has 0 spiro atoms. The number of nitrogens with two attached hydrogens (primary N) is 1. The number of aromatic nitrogens is 1. The molecule has 6 nitrogen and oxygen atoms in total. The van der Waals surface area contributed by atoms with E-state index in [0.717, 1.165) is 23.7 Å². The molecule has 2 amide bonds. The third kappa shape index (κ3) is 2.80. The maximum Gasteiger partial charge on any atom is 0.270 e. The normalized spacial score (nSPS) is 21.7. The number of aromatic amines is 1. The number of nitrogens with one attached hydrogen (secondary N) is 1. The molecule has 132 valence electrons. The Bertz CT molecular complexity index is 852. The summed E-state index contributed by atoms with van der Waals surface area (Å²) >= 11 is 0. The quantitative estimate of drug-likeness (QED) is 0.889. The number of hydrogen-bond acceptors (Lipinski definition) is 3. The molecule has 1 saturated heterocycles. The molecule has 1 atom stereocenters. The highest BCUT2D eigenvalue weighted by Crippen LogP contribution is 2.31. The number of fused-ring (bicyclic) bond motifs is 1. The standard InChI is InChI=1S/C19H24N4O2/c1-11-3-6-15-14(12(11)2)9-16(21-15)19(25)22-7-8-23(13-4-5-13)17(10-22)18(20)24/h3,6,9,13,17,21H,4-5,7-8,10H2,1-2H3,(H2,20,24). The predicted octanol–water partition coefficient (Wildman–Crippen LogP) is 1.56. The number of H-pyrrole nitrogens is 1. The molecule has 1 saturated carbocycles. The molecule has 2 heterocycles. The van der Waals surface area contributed by atoms with Gasteiger partial charge in [-0.15, -0.1) is 0 Å².